The number of likely N-dealkylation sites (tertiary alicyclic amines) is 1. The van der Waals surface area contributed by atoms with Crippen molar-refractivity contribution in [3.8, 4) is 0 Å². The maximum atomic E-state index is 14.8. The lowest BCUT2D eigenvalue weighted by Crippen LogP contribution is -2.29. The summed E-state index contributed by atoms with van der Waals surface area (Å²) in [5.41, 5.74) is 2.59. The van der Waals surface area contributed by atoms with Crippen LogP contribution in [0.15, 0.2) is 60.9 Å². The standard InChI is InChI=1S/C21H21ClFN3/c22-17-8-5-9-18(23)20(17)21(25-12-3-4-13-25)19-10-6-14-26(19)15-16-7-1-2-11-24-16/h1-2,5-11,14,21H,3-4,12-13,15H2. The van der Waals surface area contributed by atoms with E-state index in [1.807, 2.05) is 30.5 Å². The Morgan fingerprint density at radius 2 is 1.88 bits per heavy atom. The average Bonchev–Trinajstić information content (AvgIpc) is 3.32. The molecule has 5 heteroatoms. The first-order chi connectivity index (χ1) is 12.7. The fourth-order valence-electron chi connectivity index (χ4n) is 3.77. The molecule has 0 saturated carbocycles. The van der Waals surface area contributed by atoms with Crippen LogP contribution >= 0.6 is 11.6 Å². The van der Waals surface area contributed by atoms with Crippen LogP contribution in [0.2, 0.25) is 5.02 Å². The second-order valence-electron chi connectivity index (χ2n) is 6.66. The van der Waals surface area contributed by atoms with Gasteiger partial charge in [0, 0.05) is 28.7 Å². The van der Waals surface area contributed by atoms with E-state index in [2.05, 4.69) is 20.5 Å². The van der Waals surface area contributed by atoms with Gasteiger partial charge in [-0.25, -0.2) is 4.39 Å². The van der Waals surface area contributed by atoms with Gasteiger partial charge in [0.2, 0.25) is 0 Å². The fraction of sp³-hybridized carbons (Fsp3) is 0.286. The zero-order valence-corrected chi connectivity index (χ0v) is 15.2. The van der Waals surface area contributed by atoms with E-state index in [1.54, 1.807) is 18.3 Å². The lowest BCUT2D eigenvalue weighted by molar-refractivity contribution is 0.266. The molecule has 26 heavy (non-hydrogen) atoms. The molecule has 1 aliphatic rings. The third-order valence-corrected chi connectivity index (χ3v) is 5.31. The first-order valence-corrected chi connectivity index (χ1v) is 9.35. The molecular weight excluding hydrogens is 349 g/mol. The molecule has 134 valence electrons. The number of benzene rings is 1. The molecule has 0 bridgehead atoms. The summed E-state index contributed by atoms with van der Waals surface area (Å²) in [6, 6.07) is 14.7. The number of pyridine rings is 1. The van der Waals surface area contributed by atoms with Gasteiger partial charge < -0.3 is 4.57 Å². The maximum Gasteiger partial charge on any atom is 0.129 e. The Balaban J connectivity index is 1.77. The van der Waals surface area contributed by atoms with Gasteiger partial charge in [0.15, 0.2) is 0 Å². The zero-order chi connectivity index (χ0) is 17.9. The number of hydrogen-bond donors (Lipinski definition) is 0. The van der Waals surface area contributed by atoms with Gasteiger partial charge in [-0.2, -0.15) is 0 Å². The monoisotopic (exact) mass is 369 g/mol. The van der Waals surface area contributed by atoms with Crippen LogP contribution < -0.4 is 0 Å². The lowest BCUT2D eigenvalue weighted by atomic mass is 10.0. The van der Waals surface area contributed by atoms with Crippen molar-refractivity contribution in [3.05, 3.63) is 88.7 Å². The second-order valence-corrected chi connectivity index (χ2v) is 7.07. The van der Waals surface area contributed by atoms with Crippen molar-refractivity contribution in [2.75, 3.05) is 13.1 Å². The topological polar surface area (TPSA) is 21.1 Å². The third kappa shape index (κ3) is 3.39. The largest absolute Gasteiger partial charge is 0.344 e. The molecule has 1 unspecified atom stereocenters. The van der Waals surface area contributed by atoms with E-state index in [0.717, 1.165) is 37.3 Å². The van der Waals surface area contributed by atoms with Gasteiger partial charge in [-0.3, -0.25) is 9.88 Å². The van der Waals surface area contributed by atoms with Crippen molar-refractivity contribution < 1.29 is 4.39 Å². The minimum absolute atomic E-state index is 0.190. The summed E-state index contributed by atoms with van der Waals surface area (Å²) < 4.78 is 16.9. The Bertz CT molecular complexity index is 852. The predicted octanol–water partition coefficient (Wildman–Crippen LogP) is 4.91. The number of halogens is 2. The predicted molar refractivity (Wildman–Crippen MR) is 102 cm³/mol. The second kappa shape index (κ2) is 7.60. The summed E-state index contributed by atoms with van der Waals surface area (Å²) in [6.45, 7) is 2.55. The summed E-state index contributed by atoms with van der Waals surface area (Å²) >= 11 is 6.44. The van der Waals surface area contributed by atoms with Crippen LogP contribution in [-0.4, -0.2) is 27.5 Å². The minimum Gasteiger partial charge on any atom is -0.344 e. The van der Waals surface area contributed by atoms with Gasteiger partial charge in [0.25, 0.3) is 0 Å². The molecule has 0 N–H and O–H groups in total. The van der Waals surface area contributed by atoms with Crippen LogP contribution in [0.25, 0.3) is 0 Å². The van der Waals surface area contributed by atoms with Crippen molar-refractivity contribution in [1.29, 1.82) is 0 Å². The van der Waals surface area contributed by atoms with E-state index in [0.29, 0.717) is 17.1 Å². The van der Waals surface area contributed by atoms with Crippen LogP contribution in [0, 0.1) is 5.82 Å². The van der Waals surface area contributed by atoms with Gasteiger partial charge in [0.1, 0.15) is 5.82 Å². The van der Waals surface area contributed by atoms with Crippen LogP contribution in [0.3, 0.4) is 0 Å². The van der Waals surface area contributed by atoms with Gasteiger partial charge in [-0.05, 0) is 62.3 Å². The van der Waals surface area contributed by atoms with E-state index in [1.165, 1.54) is 6.07 Å². The van der Waals surface area contributed by atoms with Gasteiger partial charge in [-0.1, -0.05) is 23.7 Å². The third-order valence-electron chi connectivity index (χ3n) is 4.98. The summed E-state index contributed by atoms with van der Waals surface area (Å²) in [5, 5.41) is 0.479. The zero-order valence-electron chi connectivity index (χ0n) is 14.5. The van der Waals surface area contributed by atoms with Gasteiger partial charge >= 0.3 is 0 Å². The molecule has 1 atom stereocenters. The smallest absolute Gasteiger partial charge is 0.129 e. The maximum absolute atomic E-state index is 14.8. The molecule has 1 aliphatic heterocycles. The Morgan fingerprint density at radius 1 is 1.04 bits per heavy atom. The van der Waals surface area contributed by atoms with Crippen molar-refractivity contribution in [3.63, 3.8) is 0 Å². The molecular formula is C21H21ClFN3. The number of hydrogen-bond acceptors (Lipinski definition) is 2. The molecule has 0 spiro atoms. The van der Waals surface area contributed by atoms with E-state index in [4.69, 9.17) is 11.6 Å². The molecule has 3 heterocycles. The Labute approximate surface area is 158 Å². The van der Waals surface area contributed by atoms with E-state index in [-0.39, 0.29) is 11.9 Å². The van der Waals surface area contributed by atoms with Crippen LogP contribution in [-0.2, 0) is 6.54 Å². The normalized spacial score (nSPS) is 16.1. The molecule has 1 aromatic carbocycles. The Morgan fingerprint density at radius 3 is 2.62 bits per heavy atom. The van der Waals surface area contributed by atoms with Crippen molar-refractivity contribution in [1.82, 2.24) is 14.5 Å². The van der Waals surface area contributed by atoms with Crippen LogP contribution in [0.4, 0.5) is 4.39 Å². The molecule has 1 fully saturated rings. The lowest BCUT2D eigenvalue weighted by Gasteiger charge is -2.30. The van der Waals surface area contributed by atoms with Crippen molar-refractivity contribution in [2.45, 2.75) is 25.4 Å². The SMILES string of the molecule is Fc1cccc(Cl)c1C(c1cccn1Cc1ccccn1)N1CCCC1. The highest BCUT2D eigenvalue weighted by molar-refractivity contribution is 6.31. The molecule has 2 aromatic heterocycles. The number of nitrogens with zero attached hydrogens (tertiary/aromatic N) is 3. The summed E-state index contributed by atoms with van der Waals surface area (Å²) in [5.74, 6) is -0.250. The first kappa shape index (κ1) is 17.3. The van der Waals surface area contributed by atoms with E-state index in [9.17, 15) is 4.39 Å². The van der Waals surface area contributed by atoms with Crippen molar-refractivity contribution >= 4 is 11.6 Å². The molecule has 0 amide bonds. The van der Waals surface area contributed by atoms with Gasteiger partial charge in [0.05, 0.1) is 18.3 Å². The molecule has 0 radical (unpaired) electrons. The van der Waals surface area contributed by atoms with Crippen LogP contribution in [0.1, 0.15) is 35.8 Å². The molecule has 0 aliphatic carbocycles. The Hall–Kier alpha value is -2.17. The fourth-order valence-corrected chi connectivity index (χ4v) is 4.04. The van der Waals surface area contributed by atoms with Crippen LogP contribution in [0.5, 0.6) is 0 Å². The summed E-state index contributed by atoms with van der Waals surface area (Å²) in [7, 11) is 0. The highest BCUT2D eigenvalue weighted by Gasteiger charge is 2.31. The molecule has 1 saturated heterocycles. The quantitative estimate of drug-likeness (QED) is 0.637. The van der Waals surface area contributed by atoms with Gasteiger partial charge in [-0.15, -0.1) is 0 Å². The highest BCUT2D eigenvalue weighted by Crippen LogP contribution is 2.37. The number of rotatable bonds is 5. The average molecular weight is 370 g/mol. The first-order valence-electron chi connectivity index (χ1n) is 8.97. The molecule has 3 nitrogen and oxygen atoms in total. The minimum atomic E-state index is -0.250. The van der Waals surface area contributed by atoms with E-state index < -0.39 is 0 Å². The molecule has 3 aromatic rings. The van der Waals surface area contributed by atoms with E-state index >= 15 is 0 Å². The highest BCUT2D eigenvalue weighted by atomic mass is 35.5. The number of aromatic nitrogens is 2. The van der Waals surface area contributed by atoms with Crippen molar-refractivity contribution in [2.24, 2.45) is 0 Å². The Kier molecular flexibility index (Phi) is 5.05. The summed E-state index contributed by atoms with van der Waals surface area (Å²) in [6.07, 6.45) is 6.08. The molecule has 4 rings (SSSR count). The summed E-state index contributed by atoms with van der Waals surface area (Å²) in [4.78, 5) is 6.75.